The fourth-order valence-corrected chi connectivity index (χ4v) is 4.31. The molecule has 0 saturated heterocycles. The Balaban J connectivity index is 1.73. The van der Waals surface area contributed by atoms with Gasteiger partial charge in [0.2, 0.25) is 5.28 Å². The highest BCUT2D eigenvalue weighted by molar-refractivity contribution is 6.28. The first-order valence-corrected chi connectivity index (χ1v) is 11.9. The predicted molar refractivity (Wildman–Crippen MR) is 140 cm³/mol. The third kappa shape index (κ3) is 4.07. The summed E-state index contributed by atoms with van der Waals surface area (Å²) in [4.78, 5) is 13.9. The summed E-state index contributed by atoms with van der Waals surface area (Å²) in [6.07, 6.45) is 0. The van der Waals surface area contributed by atoms with Crippen molar-refractivity contribution in [1.29, 1.82) is 0 Å². The standard InChI is InChI=1S/C29H28ClN3O/c1-28(2,3)18-14-17(15-19(16-18)29(4,5)6)25-31-26(33-27(30)32-25)22-12-9-11-21-20-10-7-8-13-23(20)34-24(21)22/h7-16H,1-6H3. The van der Waals surface area contributed by atoms with E-state index in [0.29, 0.717) is 11.6 Å². The van der Waals surface area contributed by atoms with E-state index in [9.17, 15) is 0 Å². The topological polar surface area (TPSA) is 51.8 Å². The molecule has 4 nitrogen and oxygen atoms in total. The number of rotatable bonds is 2. The van der Waals surface area contributed by atoms with Crippen LogP contribution in [0, 0.1) is 0 Å². The lowest BCUT2D eigenvalue weighted by molar-refractivity contribution is 0.569. The summed E-state index contributed by atoms with van der Waals surface area (Å²) in [6.45, 7) is 13.3. The van der Waals surface area contributed by atoms with Crippen LogP contribution in [0.2, 0.25) is 5.28 Å². The van der Waals surface area contributed by atoms with Gasteiger partial charge in [-0.05, 0) is 57.8 Å². The second-order valence-corrected chi connectivity index (χ2v) is 11.2. The third-order valence-electron chi connectivity index (χ3n) is 6.18. The van der Waals surface area contributed by atoms with Gasteiger partial charge in [-0.2, -0.15) is 9.97 Å². The SMILES string of the molecule is CC(C)(C)c1cc(-c2nc(Cl)nc(-c3cccc4c3oc3ccccc34)n2)cc(C(C)(C)C)c1. The Kier molecular flexibility index (Phi) is 5.25. The Morgan fingerprint density at radius 1 is 0.676 bits per heavy atom. The fourth-order valence-electron chi connectivity index (χ4n) is 4.15. The Morgan fingerprint density at radius 2 is 1.29 bits per heavy atom. The van der Waals surface area contributed by atoms with Crippen LogP contribution in [0.25, 0.3) is 44.7 Å². The van der Waals surface area contributed by atoms with Crippen molar-refractivity contribution in [1.82, 2.24) is 15.0 Å². The van der Waals surface area contributed by atoms with Gasteiger partial charge in [-0.1, -0.05) is 77.9 Å². The van der Waals surface area contributed by atoms with E-state index in [1.165, 1.54) is 11.1 Å². The van der Waals surface area contributed by atoms with Crippen molar-refractivity contribution in [3.8, 4) is 22.8 Å². The first-order chi connectivity index (χ1) is 16.0. The Bertz CT molecular complexity index is 1510. The van der Waals surface area contributed by atoms with Gasteiger partial charge >= 0.3 is 0 Å². The summed E-state index contributed by atoms with van der Waals surface area (Å²) >= 11 is 6.45. The molecule has 0 bridgehead atoms. The van der Waals surface area contributed by atoms with E-state index in [1.807, 2.05) is 30.3 Å². The summed E-state index contributed by atoms with van der Waals surface area (Å²) in [5.74, 6) is 1.05. The van der Waals surface area contributed by atoms with Crippen LogP contribution in [-0.2, 0) is 10.8 Å². The molecule has 0 N–H and O–H groups in total. The minimum absolute atomic E-state index is 0.0183. The number of fused-ring (bicyclic) bond motifs is 3. The van der Waals surface area contributed by atoms with Crippen molar-refractivity contribution in [2.75, 3.05) is 0 Å². The Hall–Kier alpha value is -3.24. The minimum atomic E-state index is -0.0183. The fraction of sp³-hybridized carbons (Fsp3) is 0.276. The normalized spacial score (nSPS) is 12.6. The average molecular weight is 470 g/mol. The number of hydrogen-bond acceptors (Lipinski definition) is 4. The Labute approximate surface area is 205 Å². The summed E-state index contributed by atoms with van der Waals surface area (Å²) in [7, 11) is 0. The molecule has 2 aromatic heterocycles. The van der Waals surface area contributed by atoms with Gasteiger partial charge in [0.1, 0.15) is 11.2 Å². The molecule has 5 rings (SSSR count). The van der Waals surface area contributed by atoms with Crippen LogP contribution in [0.1, 0.15) is 52.7 Å². The van der Waals surface area contributed by atoms with Crippen LogP contribution in [0.3, 0.4) is 0 Å². The molecule has 172 valence electrons. The molecule has 0 spiro atoms. The largest absolute Gasteiger partial charge is 0.455 e. The van der Waals surface area contributed by atoms with E-state index in [2.05, 4.69) is 81.8 Å². The van der Waals surface area contributed by atoms with Crippen molar-refractivity contribution >= 4 is 33.5 Å². The maximum absolute atomic E-state index is 6.45. The van der Waals surface area contributed by atoms with Gasteiger partial charge in [-0.15, -0.1) is 0 Å². The molecule has 5 heteroatoms. The number of furan rings is 1. The molecule has 0 aliphatic rings. The number of para-hydroxylation sites is 2. The second kappa shape index (κ2) is 7.92. The molecule has 0 radical (unpaired) electrons. The van der Waals surface area contributed by atoms with Gasteiger partial charge in [-0.25, -0.2) is 4.98 Å². The maximum atomic E-state index is 6.45. The third-order valence-corrected chi connectivity index (χ3v) is 6.35. The van der Waals surface area contributed by atoms with Crippen molar-refractivity contribution < 1.29 is 4.42 Å². The van der Waals surface area contributed by atoms with Crippen molar-refractivity contribution in [3.63, 3.8) is 0 Å². The van der Waals surface area contributed by atoms with Gasteiger partial charge in [0.05, 0.1) is 5.56 Å². The van der Waals surface area contributed by atoms with E-state index in [1.54, 1.807) is 0 Å². The minimum Gasteiger partial charge on any atom is -0.455 e. The van der Waals surface area contributed by atoms with E-state index < -0.39 is 0 Å². The molecule has 0 atom stereocenters. The number of benzene rings is 3. The lowest BCUT2D eigenvalue weighted by Gasteiger charge is -2.26. The molecule has 0 aliphatic heterocycles. The molecule has 0 saturated carbocycles. The molecular formula is C29H28ClN3O. The van der Waals surface area contributed by atoms with E-state index in [4.69, 9.17) is 21.0 Å². The van der Waals surface area contributed by atoms with Crippen LogP contribution in [-0.4, -0.2) is 15.0 Å². The molecule has 34 heavy (non-hydrogen) atoms. The quantitative estimate of drug-likeness (QED) is 0.260. The molecule has 5 aromatic rings. The monoisotopic (exact) mass is 469 g/mol. The van der Waals surface area contributed by atoms with E-state index in [-0.39, 0.29) is 16.1 Å². The maximum Gasteiger partial charge on any atom is 0.226 e. The summed E-state index contributed by atoms with van der Waals surface area (Å²) in [5.41, 5.74) is 5.72. The Morgan fingerprint density at radius 3 is 1.97 bits per heavy atom. The molecule has 0 fully saturated rings. The number of hydrogen-bond donors (Lipinski definition) is 0. The second-order valence-electron chi connectivity index (χ2n) is 10.8. The number of halogens is 1. The van der Waals surface area contributed by atoms with Crippen molar-refractivity contribution in [2.24, 2.45) is 0 Å². The van der Waals surface area contributed by atoms with Crippen molar-refractivity contribution in [2.45, 2.75) is 52.4 Å². The van der Waals surface area contributed by atoms with Gasteiger partial charge in [0, 0.05) is 16.3 Å². The molecule has 2 heterocycles. The summed E-state index contributed by atoms with van der Waals surface area (Å²) in [6, 6.07) is 20.6. The first-order valence-electron chi connectivity index (χ1n) is 11.5. The highest BCUT2D eigenvalue weighted by Gasteiger charge is 2.22. The number of aromatic nitrogens is 3. The molecule has 3 aromatic carbocycles. The molecule has 0 unspecified atom stereocenters. The highest BCUT2D eigenvalue weighted by Crippen LogP contribution is 2.36. The highest BCUT2D eigenvalue weighted by atomic mass is 35.5. The van der Waals surface area contributed by atoms with Gasteiger partial charge < -0.3 is 4.42 Å². The van der Waals surface area contributed by atoms with E-state index >= 15 is 0 Å². The van der Waals surface area contributed by atoms with Crippen LogP contribution < -0.4 is 0 Å². The smallest absolute Gasteiger partial charge is 0.226 e. The lowest BCUT2D eigenvalue weighted by atomic mass is 9.79. The predicted octanol–water partition coefficient (Wildman–Crippen LogP) is 8.35. The van der Waals surface area contributed by atoms with Gasteiger partial charge in [0.25, 0.3) is 0 Å². The summed E-state index contributed by atoms with van der Waals surface area (Å²) < 4.78 is 6.21. The van der Waals surface area contributed by atoms with E-state index in [0.717, 1.165) is 33.1 Å². The zero-order valence-electron chi connectivity index (χ0n) is 20.4. The molecule has 0 amide bonds. The summed E-state index contributed by atoms with van der Waals surface area (Å²) in [5, 5.41) is 2.25. The van der Waals surface area contributed by atoms with Crippen LogP contribution in [0.15, 0.2) is 65.1 Å². The number of nitrogens with zero attached hydrogens (tertiary/aromatic N) is 3. The van der Waals surface area contributed by atoms with Crippen LogP contribution in [0.4, 0.5) is 0 Å². The van der Waals surface area contributed by atoms with Gasteiger partial charge in [0.15, 0.2) is 11.6 Å². The van der Waals surface area contributed by atoms with Crippen LogP contribution >= 0.6 is 11.6 Å². The first kappa shape index (κ1) is 22.5. The van der Waals surface area contributed by atoms with Gasteiger partial charge in [-0.3, -0.25) is 0 Å². The molecule has 0 aliphatic carbocycles. The van der Waals surface area contributed by atoms with Crippen molar-refractivity contribution in [3.05, 3.63) is 77.1 Å². The van der Waals surface area contributed by atoms with Crippen LogP contribution in [0.5, 0.6) is 0 Å². The zero-order valence-corrected chi connectivity index (χ0v) is 21.2. The molecular weight excluding hydrogens is 442 g/mol. The lowest BCUT2D eigenvalue weighted by Crippen LogP contribution is -2.16. The average Bonchev–Trinajstić information content (AvgIpc) is 3.16. The zero-order chi connectivity index (χ0) is 24.3.